The van der Waals surface area contributed by atoms with Gasteiger partial charge in [0, 0.05) is 17.3 Å². The molecule has 27 heavy (non-hydrogen) atoms. The first-order valence-electron chi connectivity index (χ1n) is 8.61. The first kappa shape index (κ1) is 17.6. The van der Waals surface area contributed by atoms with Gasteiger partial charge in [0.25, 0.3) is 0 Å². The molecule has 5 heteroatoms. The van der Waals surface area contributed by atoms with Crippen molar-refractivity contribution in [2.45, 2.75) is 13.5 Å². The molecule has 0 bridgehead atoms. The molecule has 0 N–H and O–H groups in total. The normalized spacial score (nSPS) is 10.9. The minimum absolute atomic E-state index is 0.238. The maximum Gasteiger partial charge on any atom is 0.128 e. The summed E-state index contributed by atoms with van der Waals surface area (Å²) in [5.74, 6) is -0.238. The van der Waals surface area contributed by atoms with E-state index in [2.05, 4.69) is 52.1 Å². The number of nitrogens with zero attached hydrogens (tertiary/aromatic N) is 3. The second-order valence-electron chi connectivity index (χ2n) is 6.34. The Balaban J connectivity index is 1.88. The Bertz CT molecular complexity index is 1070. The largest absolute Gasteiger partial charge is 0.258 e. The summed E-state index contributed by atoms with van der Waals surface area (Å²) in [7, 11) is 0. The summed E-state index contributed by atoms with van der Waals surface area (Å²) in [6.45, 7) is 2.39. The van der Waals surface area contributed by atoms with Crippen LogP contribution < -0.4 is 0 Å². The number of halogens is 2. The van der Waals surface area contributed by atoms with E-state index in [0.29, 0.717) is 12.1 Å². The van der Waals surface area contributed by atoms with E-state index in [4.69, 9.17) is 5.10 Å². The van der Waals surface area contributed by atoms with E-state index in [9.17, 15) is 4.39 Å². The molecule has 0 saturated heterocycles. The van der Waals surface area contributed by atoms with Crippen LogP contribution in [0.3, 0.4) is 0 Å². The fourth-order valence-electron chi connectivity index (χ4n) is 3.00. The molecule has 0 atom stereocenters. The van der Waals surface area contributed by atoms with Crippen molar-refractivity contribution in [3.8, 4) is 22.6 Å². The molecule has 0 spiro atoms. The van der Waals surface area contributed by atoms with E-state index < -0.39 is 0 Å². The average Bonchev–Trinajstić information content (AvgIpc) is 3.01. The highest BCUT2D eigenvalue weighted by Gasteiger charge is 2.20. The van der Waals surface area contributed by atoms with Crippen LogP contribution in [-0.4, -0.2) is 14.8 Å². The van der Waals surface area contributed by atoms with Crippen LogP contribution >= 0.6 is 15.9 Å². The lowest BCUT2D eigenvalue weighted by Gasteiger charge is -2.09. The zero-order chi connectivity index (χ0) is 18.8. The third-order valence-corrected chi connectivity index (χ3v) is 5.16. The molecule has 0 aliphatic rings. The fourth-order valence-corrected chi connectivity index (χ4v) is 3.71. The molecule has 4 rings (SSSR count). The second-order valence-corrected chi connectivity index (χ2v) is 7.13. The Morgan fingerprint density at radius 2 is 1.70 bits per heavy atom. The van der Waals surface area contributed by atoms with Crippen molar-refractivity contribution < 1.29 is 4.39 Å². The number of hydrogen-bond acceptors (Lipinski definition) is 2. The summed E-state index contributed by atoms with van der Waals surface area (Å²) in [4.78, 5) is 4.42. The highest BCUT2D eigenvalue weighted by atomic mass is 79.9. The second kappa shape index (κ2) is 7.45. The molecule has 2 aromatic heterocycles. The van der Waals surface area contributed by atoms with Gasteiger partial charge in [-0.05, 0) is 41.1 Å². The molecule has 0 aliphatic heterocycles. The Morgan fingerprint density at radius 1 is 0.963 bits per heavy atom. The Hall–Kier alpha value is -2.79. The van der Waals surface area contributed by atoms with Gasteiger partial charge in [-0.25, -0.2) is 4.39 Å². The molecule has 2 heterocycles. The van der Waals surface area contributed by atoms with Gasteiger partial charge in [-0.2, -0.15) is 5.10 Å². The summed E-state index contributed by atoms with van der Waals surface area (Å²) in [6.07, 6.45) is 1.74. The van der Waals surface area contributed by atoms with E-state index >= 15 is 0 Å². The van der Waals surface area contributed by atoms with Crippen LogP contribution in [0.5, 0.6) is 0 Å². The van der Waals surface area contributed by atoms with Gasteiger partial charge < -0.3 is 0 Å². The van der Waals surface area contributed by atoms with Crippen molar-refractivity contribution >= 4 is 15.9 Å². The first-order valence-corrected chi connectivity index (χ1v) is 9.41. The molecule has 2 aromatic carbocycles. The van der Waals surface area contributed by atoms with Gasteiger partial charge in [-0.3, -0.25) is 9.67 Å². The molecule has 3 nitrogen and oxygen atoms in total. The summed E-state index contributed by atoms with van der Waals surface area (Å²) in [6, 6.07) is 20.7. The topological polar surface area (TPSA) is 30.7 Å². The van der Waals surface area contributed by atoms with Crippen LogP contribution in [-0.2, 0) is 6.54 Å². The van der Waals surface area contributed by atoms with Crippen LogP contribution in [0.25, 0.3) is 22.6 Å². The maximum absolute atomic E-state index is 14.2. The predicted octanol–water partition coefficient (Wildman–Crippen LogP) is 5.87. The van der Waals surface area contributed by atoms with Crippen molar-refractivity contribution in [3.05, 3.63) is 94.3 Å². The van der Waals surface area contributed by atoms with Gasteiger partial charge in [0.05, 0.1) is 22.4 Å². The highest BCUT2D eigenvalue weighted by Crippen LogP contribution is 2.36. The maximum atomic E-state index is 14.2. The van der Waals surface area contributed by atoms with E-state index in [0.717, 1.165) is 27.1 Å². The molecule has 4 aromatic rings. The minimum Gasteiger partial charge on any atom is -0.258 e. The molecule has 134 valence electrons. The van der Waals surface area contributed by atoms with Crippen LogP contribution in [0, 0.1) is 12.7 Å². The van der Waals surface area contributed by atoms with Gasteiger partial charge in [-0.15, -0.1) is 0 Å². The van der Waals surface area contributed by atoms with Crippen molar-refractivity contribution in [2.75, 3.05) is 0 Å². The number of aryl methyl sites for hydroxylation is 1. The van der Waals surface area contributed by atoms with E-state index in [1.54, 1.807) is 18.3 Å². The molecule has 0 amide bonds. The lowest BCUT2D eigenvalue weighted by molar-refractivity contribution is 0.587. The summed E-state index contributed by atoms with van der Waals surface area (Å²) in [5.41, 5.74) is 5.19. The van der Waals surface area contributed by atoms with Gasteiger partial charge in [-0.1, -0.05) is 54.1 Å². The summed E-state index contributed by atoms with van der Waals surface area (Å²) < 4.78 is 16.9. The number of aromatic nitrogens is 3. The molecule has 0 saturated carbocycles. The quantitative estimate of drug-likeness (QED) is 0.412. The number of rotatable bonds is 4. The van der Waals surface area contributed by atoms with Crippen molar-refractivity contribution in [2.24, 2.45) is 0 Å². The summed E-state index contributed by atoms with van der Waals surface area (Å²) in [5, 5.41) is 4.76. The van der Waals surface area contributed by atoms with Crippen LogP contribution in [0.1, 0.15) is 11.1 Å². The molecule has 0 radical (unpaired) electrons. The molecule has 0 fully saturated rings. The van der Waals surface area contributed by atoms with Crippen molar-refractivity contribution in [3.63, 3.8) is 0 Å². The lowest BCUT2D eigenvalue weighted by atomic mass is 10.1. The van der Waals surface area contributed by atoms with Gasteiger partial charge in [0.15, 0.2) is 0 Å². The lowest BCUT2D eigenvalue weighted by Crippen LogP contribution is -2.06. The number of hydrogen-bond donors (Lipinski definition) is 0. The third kappa shape index (κ3) is 3.55. The number of benzene rings is 2. The zero-order valence-electron chi connectivity index (χ0n) is 14.7. The molecular weight excluding hydrogens is 405 g/mol. The van der Waals surface area contributed by atoms with Crippen LogP contribution in [0.4, 0.5) is 4.39 Å². The monoisotopic (exact) mass is 421 g/mol. The van der Waals surface area contributed by atoms with E-state index in [-0.39, 0.29) is 5.82 Å². The van der Waals surface area contributed by atoms with Crippen molar-refractivity contribution in [1.29, 1.82) is 0 Å². The number of pyridine rings is 1. The van der Waals surface area contributed by atoms with Crippen LogP contribution in [0.2, 0.25) is 0 Å². The highest BCUT2D eigenvalue weighted by molar-refractivity contribution is 9.10. The molecule has 0 aliphatic carbocycles. The fraction of sp³-hybridized carbons (Fsp3) is 0.0909. The smallest absolute Gasteiger partial charge is 0.128 e. The summed E-state index contributed by atoms with van der Waals surface area (Å²) >= 11 is 3.71. The Kier molecular flexibility index (Phi) is 4.86. The SMILES string of the molecule is Cc1ccc(-c2c(Br)c(-c3ccccn3)nn2Cc2ccccc2F)cc1. The Morgan fingerprint density at radius 3 is 2.41 bits per heavy atom. The Labute approximate surface area is 165 Å². The third-order valence-electron chi connectivity index (χ3n) is 4.41. The van der Waals surface area contributed by atoms with Gasteiger partial charge in [0.2, 0.25) is 0 Å². The molecular formula is C22H17BrFN3. The van der Waals surface area contributed by atoms with E-state index in [1.165, 1.54) is 11.6 Å². The van der Waals surface area contributed by atoms with E-state index in [1.807, 2.05) is 28.9 Å². The first-order chi connectivity index (χ1) is 13.1. The predicted molar refractivity (Wildman–Crippen MR) is 109 cm³/mol. The van der Waals surface area contributed by atoms with Gasteiger partial charge >= 0.3 is 0 Å². The van der Waals surface area contributed by atoms with Crippen LogP contribution in [0.15, 0.2) is 77.4 Å². The molecule has 0 unspecified atom stereocenters. The van der Waals surface area contributed by atoms with Gasteiger partial charge in [0.1, 0.15) is 11.5 Å². The average molecular weight is 422 g/mol. The standard InChI is InChI=1S/C22H17BrFN3/c1-15-9-11-16(12-10-15)22-20(23)21(19-8-4-5-13-25-19)26-27(22)14-17-6-2-3-7-18(17)24/h2-13H,14H2,1H3. The minimum atomic E-state index is -0.238. The van der Waals surface area contributed by atoms with Crippen molar-refractivity contribution in [1.82, 2.24) is 14.8 Å². The zero-order valence-corrected chi connectivity index (χ0v) is 16.3.